The van der Waals surface area contributed by atoms with E-state index in [4.69, 9.17) is 0 Å². The first kappa shape index (κ1) is 11.8. The van der Waals surface area contributed by atoms with Crippen molar-refractivity contribution in [1.82, 2.24) is 0 Å². The SMILES string of the molecule is C=C(C)C(CC)=N/C=C\[N+](C)=CC. The molecule has 0 aromatic heterocycles. The van der Waals surface area contributed by atoms with E-state index in [1.54, 1.807) is 6.20 Å². The van der Waals surface area contributed by atoms with E-state index in [0.717, 1.165) is 17.7 Å². The van der Waals surface area contributed by atoms with Crippen molar-refractivity contribution in [2.24, 2.45) is 4.99 Å². The van der Waals surface area contributed by atoms with E-state index >= 15 is 0 Å². The molecule has 0 aromatic rings. The monoisotopic (exact) mass is 179 g/mol. The van der Waals surface area contributed by atoms with Crippen LogP contribution in [-0.4, -0.2) is 23.5 Å². The molecule has 2 heteroatoms. The molecule has 0 saturated carbocycles. The molecule has 0 fully saturated rings. The minimum absolute atomic E-state index is 0.930. The average Bonchev–Trinajstić information content (AvgIpc) is 2.11. The molecule has 0 spiro atoms. The average molecular weight is 179 g/mol. The summed E-state index contributed by atoms with van der Waals surface area (Å²) in [5.74, 6) is 0. The van der Waals surface area contributed by atoms with Crippen LogP contribution >= 0.6 is 0 Å². The Morgan fingerprint density at radius 1 is 1.54 bits per heavy atom. The van der Waals surface area contributed by atoms with E-state index < -0.39 is 0 Å². The highest BCUT2D eigenvalue weighted by Crippen LogP contribution is 1.98. The summed E-state index contributed by atoms with van der Waals surface area (Å²) >= 11 is 0. The smallest absolute Gasteiger partial charge is 0.186 e. The minimum Gasteiger partial charge on any atom is -0.255 e. The lowest BCUT2D eigenvalue weighted by atomic mass is 10.2. The van der Waals surface area contributed by atoms with Gasteiger partial charge in [0.2, 0.25) is 0 Å². The maximum Gasteiger partial charge on any atom is 0.186 e. The molecular weight excluding hydrogens is 160 g/mol. The summed E-state index contributed by atoms with van der Waals surface area (Å²) in [6, 6.07) is 0. The standard InChI is InChI=1S/C11H19N2/c1-6-11(10(3)4)12-8-9-13(5)7-2/h7-9H,3,6H2,1-2,4-5H3/q+1/b9-8-,12-11?,13-7?. The molecule has 0 radical (unpaired) electrons. The third-order valence-electron chi connectivity index (χ3n) is 1.77. The largest absolute Gasteiger partial charge is 0.255 e. The molecule has 0 saturated heterocycles. The van der Waals surface area contributed by atoms with Crippen LogP contribution in [0.3, 0.4) is 0 Å². The van der Waals surface area contributed by atoms with Gasteiger partial charge < -0.3 is 0 Å². The fourth-order valence-electron chi connectivity index (χ4n) is 0.818. The Balaban J connectivity index is 4.39. The Bertz CT molecular complexity index is 257. The first-order chi connectivity index (χ1) is 6.11. The normalized spacial score (nSPS) is 13.8. The third-order valence-corrected chi connectivity index (χ3v) is 1.77. The van der Waals surface area contributed by atoms with Gasteiger partial charge in [-0.15, -0.1) is 0 Å². The highest BCUT2D eigenvalue weighted by atomic mass is 14.9. The van der Waals surface area contributed by atoms with Gasteiger partial charge in [0.25, 0.3) is 0 Å². The zero-order valence-corrected chi connectivity index (χ0v) is 9.04. The first-order valence-corrected chi connectivity index (χ1v) is 4.52. The van der Waals surface area contributed by atoms with E-state index in [1.807, 2.05) is 37.9 Å². The molecule has 0 unspecified atom stereocenters. The van der Waals surface area contributed by atoms with E-state index in [2.05, 4.69) is 18.5 Å². The van der Waals surface area contributed by atoms with Gasteiger partial charge in [-0.3, -0.25) is 4.99 Å². The quantitative estimate of drug-likeness (QED) is 0.465. The van der Waals surface area contributed by atoms with Gasteiger partial charge in [-0.25, -0.2) is 4.58 Å². The third kappa shape index (κ3) is 5.12. The summed E-state index contributed by atoms with van der Waals surface area (Å²) < 4.78 is 1.95. The Labute approximate surface area is 81.0 Å². The number of hydrogen-bond donors (Lipinski definition) is 0. The second-order valence-electron chi connectivity index (χ2n) is 2.93. The van der Waals surface area contributed by atoms with E-state index in [1.165, 1.54) is 0 Å². The number of nitrogens with zero attached hydrogens (tertiary/aromatic N) is 2. The molecular formula is C11H19N2+. The number of aliphatic imine (C=N–C) groups is 1. The molecule has 0 aromatic carbocycles. The predicted octanol–water partition coefficient (Wildman–Crippen LogP) is 2.62. The maximum atomic E-state index is 4.30. The van der Waals surface area contributed by atoms with Gasteiger partial charge in [0.1, 0.15) is 13.3 Å². The van der Waals surface area contributed by atoms with Crippen LogP contribution in [0.15, 0.2) is 29.5 Å². The molecule has 0 rings (SSSR count). The zero-order valence-electron chi connectivity index (χ0n) is 9.04. The van der Waals surface area contributed by atoms with Gasteiger partial charge in [0.05, 0.1) is 6.20 Å². The van der Waals surface area contributed by atoms with Gasteiger partial charge in [0, 0.05) is 12.6 Å². The van der Waals surface area contributed by atoms with E-state index in [9.17, 15) is 0 Å². The van der Waals surface area contributed by atoms with Crippen LogP contribution in [0.2, 0.25) is 0 Å². The van der Waals surface area contributed by atoms with Crippen LogP contribution in [-0.2, 0) is 0 Å². The van der Waals surface area contributed by atoms with Gasteiger partial charge in [-0.1, -0.05) is 13.5 Å². The highest BCUT2D eigenvalue weighted by molar-refractivity contribution is 5.99. The van der Waals surface area contributed by atoms with Gasteiger partial charge in [-0.2, -0.15) is 0 Å². The summed E-state index contributed by atoms with van der Waals surface area (Å²) in [5.41, 5.74) is 2.09. The summed E-state index contributed by atoms with van der Waals surface area (Å²) in [4.78, 5) is 4.30. The zero-order chi connectivity index (χ0) is 10.3. The van der Waals surface area contributed by atoms with Crippen molar-refractivity contribution in [3.63, 3.8) is 0 Å². The summed E-state index contributed by atoms with van der Waals surface area (Å²) in [7, 11) is 1.97. The minimum atomic E-state index is 0.930. The molecule has 0 heterocycles. The summed E-state index contributed by atoms with van der Waals surface area (Å²) in [6.07, 6.45) is 6.61. The Morgan fingerprint density at radius 3 is 2.54 bits per heavy atom. The lowest BCUT2D eigenvalue weighted by molar-refractivity contribution is -0.417. The lowest BCUT2D eigenvalue weighted by Crippen LogP contribution is -1.97. The van der Waals surface area contributed by atoms with Crippen LogP contribution in [0.5, 0.6) is 0 Å². The highest BCUT2D eigenvalue weighted by Gasteiger charge is 1.93. The molecule has 13 heavy (non-hydrogen) atoms. The van der Waals surface area contributed by atoms with Crippen molar-refractivity contribution in [2.75, 3.05) is 7.05 Å². The summed E-state index contributed by atoms with van der Waals surface area (Å²) in [5, 5.41) is 0. The molecule has 72 valence electrons. The van der Waals surface area contributed by atoms with Crippen molar-refractivity contribution >= 4 is 11.9 Å². The second-order valence-corrected chi connectivity index (χ2v) is 2.93. The predicted molar refractivity (Wildman–Crippen MR) is 59.6 cm³/mol. The Morgan fingerprint density at radius 2 is 2.15 bits per heavy atom. The van der Waals surface area contributed by atoms with Crippen LogP contribution in [0.1, 0.15) is 27.2 Å². The molecule has 0 aliphatic carbocycles. The molecule has 0 aliphatic heterocycles. The first-order valence-electron chi connectivity index (χ1n) is 4.52. The van der Waals surface area contributed by atoms with Crippen LogP contribution in [0.4, 0.5) is 0 Å². The lowest BCUT2D eigenvalue weighted by Gasteiger charge is -1.97. The molecule has 0 amide bonds. The topological polar surface area (TPSA) is 15.4 Å². The van der Waals surface area contributed by atoms with E-state index in [-0.39, 0.29) is 0 Å². The molecule has 0 aliphatic rings. The fourth-order valence-corrected chi connectivity index (χ4v) is 0.818. The number of rotatable bonds is 4. The molecule has 2 nitrogen and oxygen atoms in total. The van der Waals surface area contributed by atoms with Crippen molar-refractivity contribution in [3.05, 3.63) is 24.6 Å². The molecule has 0 bridgehead atoms. The van der Waals surface area contributed by atoms with E-state index in [0.29, 0.717) is 0 Å². The Kier molecular flexibility index (Phi) is 5.77. The van der Waals surface area contributed by atoms with Crippen LogP contribution in [0, 0.1) is 0 Å². The van der Waals surface area contributed by atoms with Crippen molar-refractivity contribution < 1.29 is 4.58 Å². The van der Waals surface area contributed by atoms with Gasteiger partial charge in [-0.05, 0) is 18.9 Å². The van der Waals surface area contributed by atoms with Crippen molar-refractivity contribution in [3.8, 4) is 0 Å². The number of hydrogen-bond acceptors (Lipinski definition) is 1. The number of allylic oxidation sites excluding steroid dienone is 1. The fraction of sp³-hybridized carbons (Fsp3) is 0.455. The molecule has 0 N–H and O–H groups in total. The second kappa shape index (κ2) is 6.35. The van der Waals surface area contributed by atoms with Crippen molar-refractivity contribution in [2.45, 2.75) is 27.2 Å². The molecule has 0 atom stereocenters. The summed E-state index contributed by atoms with van der Waals surface area (Å²) in [6.45, 7) is 9.90. The van der Waals surface area contributed by atoms with Gasteiger partial charge >= 0.3 is 0 Å². The Hall–Kier alpha value is -1.18. The maximum absolute atomic E-state index is 4.30. The van der Waals surface area contributed by atoms with Gasteiger partial charge in [0.15, 0.2) is 6.20 Å². The van der Waals surface area contributed by atoms with Crippen molar-refractivity contribution in [1.29, 1.82) is 0 Å². The van der Waals surface area contributed by atoms with Crippen LogP contribution < -0.4 is 0 Å². The van der Waals surface area contributed by atoms with Crippen LogP contribution in [0.25, 0.3) is 0 Å².